The molecule has 0 amide bonds. The molecule has 90 valence electrons. The van der Waals surface area contributed by atoms with Crippen molar-refractivity contribution >= 4 is 20.2 Å². The van der Waals surface area contributed by atoms with Crippen LogP contribution in [-0.2, 0) is 24.4 Å². The minimum atomic E-state index is -4.55. The Bertz CT molecular complexity index is 409. The zero-order valence-corrected chi connectivity index (χ0v) is 9.92. The number of rotatable bonds is 4. The Balaban J connectivity index is 2.64. The first kappa shape index (κ1) is 12.9. The predicted octanol–water partition coefficient (Wildman–Crippen LogP) is 0.367. The molecule has 6 nitrogen and oxygen atoms in total. The lowest BCUT2D eigenvalue weighted by atomic mass is 10.1. The first-order valence-corrected chi connectivity index (χ1v) is 7.74. The third-order valence-electron chi connectivity index (χ3n) is 2.35. The predicted molar refractivity (Wildman–Crippen MR) is 53.2 cm³/mol. The lowest BCUT2D eigenvalue weighted by Crippen LogP contribution is -2.25. The zero-order valence-electron chi connectivity index (χ0n) is 8.29. The SMILES string of the molecule is CC1CCCC1OS(=O)(=O)CS(=O)(=O)O. The fourth-order valence-electron chi connectivity index (χ4n) is 1.65. The van der Waals surface area contributed by atoms with Crippen LogP contribution in [-0.4, -0.2) is 32.6 Å². The third kappa shape index (κ3) is 4.45. The summed E-state index contributed by atoms with van der Waals surface area (Å²) in [6.07, 6.45) is 1.88. The summed E-state index contributed by atoms with van der Waals surface area (Å²) in [5.74, 6) is 0.0983. The van der Waals surface area contributed by atoms with Gasteiger partial charge in [-0.1, -0.05) is 13.3 Å². The lowest BCUT2D eigenvalue weighted by molar-refractivity contribution is 0.176. The molecule has 0 aromatic heterocycles. The second-order valence-electron chi connectivity index (χ2n) is 3.80. The average Bonchev–Trinajstić information content (AvgIpc) is 2.29. The molecule has 1 rings (SSSR count). The minimum absolute atomic E-state index is 0.0983. The summed E-state index contributed by atoms with van der Waals surface area (Å²) >= 11 is 0. The second-order valence-corrected chi connectivity index (χ2v) is 7.21. The van der Waals surface area contributed by atoms with Gasteiger partial charge in [-0.2, -0.15) is 16.8 Å². The highest BCUT2D eigenvalue weighted by molar-refractivity contribution is 8.03. The van der Waals surface area contributed by atoms with Crippen molar-refractivity contribution < 1.29 is 25.6 Å². The van der Waals surface area contributed by atoms with Gasteiger partial charge in [-0.3, -0.25) is 8.74 Å². The van der Waals surface area contributed by atoms with Crippen LogP contribution in [0.15, 0.2) is 0 Å². The molecule has 0 aromatic carbocycles. The van der Waals surface area contributed by atoms with Crippen LogP contribution in [0.25, 0.3) is 0 Å². The molecule has 0 heterocycles. The van der Waals surface area contributed by atoms with E-state index >= 15 is 0 Å². The van der Waals surface area contributed by atoms with Gasteiger partial charge in [-0.25, -0.2) is 0 Å². The van der Waals surface area contributed by atoms with Crippen molar-refractivity contribution in [3.05, 3.63) is 0 Å². The lowest BCUT2D eigenvalue weighted by Gasteiger charge is -2.15. The standard InChI is InChI=1S/C7H14O6S2/c1-6-3-2-4-7(6)13-15(11,12)5-14(8,9)10/h6-7H,2-5H2,1H3,(H,8,9,10). The molecular weight excluding hydrogens is 244 g/mol. The van der Waals surface area contributed by atoms with Gasteiger partial charge in [0.05, 0.1) is 6.10 Å². The minimum Gasteiger partial charge on any atom is -0.285 e. The fraction of sp³-hybridized carbons (Fsp3) is 1.00. The van der Waals surface area contributed by atoms with Gasteiger partial charge in [0.2, 0.25) is 5.08 Å². The Morgan fingerprint density at radius 3 is 2.27 bits per heavy atom. The molecule has 0 aliphatic heterocycles. The van der Waals surface area contributed by atoms with Gasteiger partial charge in [0.25, 0.3) is 20.2 Å². The van der Waals surface area contributed by atoms with Crippen LogP contribution < -0.4 is 0 Å². The van der Waals surface area contributed by atoms with E-state index in [0.717, 1.165) is 12.8 Å². The molecule has 2 atom stereocenters. The maximum absolute atomic E-state index is 11.2. The zero-order chi connectivity index (χ0) is 11.7. The van der Waals surface area contributed by atoms with Crippen molar-refractivity contribution in [3.8, 4) is 0 Å². The van der Waals surface area contributed by atoms with Crippen molar-refractivity contribution in [2.75, 3.05) is 5.08 Å². The van der Waals surface area contributed by atoms with E-state index < -0.39 is 31.4 Å². The molecule has 1 N–H and O–H groups in total. The first-order valence-electron chi connectivity index (χ1n) is 4.56. The van der Waals surface area contributed by atoms with Crippen LogP contribution in [0.1, 0.15) is 26.2 Å². The van der Waals surface area contributed by atoms with Crippen LogP contribution in [0, 0.1) is 5.92 Å². The molecule has 1 saturated carbocycles. The Morgan fingerprint density at radius 1 is 1.27 bits per heavy atom. The van der Waals surface area contributed by atoms with Crippen molar-refractivity contribution in [1.29, 1.82) is 0 Å². The van der Waals surface area contributed by atoms with E-state index in [-0.39, 0.29) is 5.92 Å². The monoisotopic (exact) mass is 258 g/mol. The van der Waals surface area contributed by atoms with Crippen molar-refractivity contribution in [2.45, 2.75) is 32.3 Å². The summed E-state index contributed by atoms with van der Waals surface area (Å²) in [5.41, 5.74) is 0. The maximum atomic E-state index is 11.2. The van der Waals surface area contributed by atoms with Gasteiger partial charge in [0.1, 0.15) is 0 Å². The average molecular weight is 258 g/mol. The van der Waals surface area contributed by atoms with Crippen LogP contribution in [0.5, 0.6) is 0 Å². The van der Waals surface area contributed by atoms with Gasteiger partial charge < -0.3 is 0 Å². The maximum Gasteiger partial charge on any atom is 0.284 e. The van der Waals surface area contributed by atoms with E-state index in [4.69, 9.17) is 8.74 Å². The normalized spacial score (nSPS) is 28.1. The van der Waals surface area contributed by atoms with Crippen LogP contribution >= 0.6 is 0 Å². The molecule has 1 aliphatic rings. The van der Waals surface area contributed by atoms with E-state index in [2.05, 4.69) is 0 Å². The van der Waals surface area contributed by atoms with Crippen LogP contribution in [0.2, 0.25) is 0 Å². The molecule has 2 unspecified atom stereocenters. The molecule has 8 heteroatoms. The molecular formula is C7H14O6S2. The highest BCUT2D eigenvalue weighted by Gasteiger charge is 2.31. The summed E-state index contributed by atoms with van der Waals surface area (Å²) in [6.45, 7) is 1.85. The highest BCUT2D eigenvalue weighted by Crippen LogP contribution is 2.28. The van der Waals surface area contributed by atoms with E-state index in [1.807, 2.05) is 6.92 Å². The van der Waals surface area contributed by atoms with Gasteiger partial charge in [-0.15, -0.1) is 0 Å². The molecule has 15 heavy (non-hydrogen) atoms. The molecule has 0 spiro atoms. The Hall–Kier alpha value is -0.180. The third-order valence-corrected chi connectivity index (χ3v) is 5.23. The van der Waals surface area contributed by atoms with Crippen LogP contribution in [0.3, 0.4) is 0 Å². The van der Waals surface area contributed by atoms with Crippen LogP contribution in [0.4, 0.5) is 0 Å². The summed E-state index contributed by atoms with van der Waals surface area (Å²) < 4.78 is 56.3. The van der Waals surface area contributed by atoms with Crippen molar-refractivity contribution in [2.24, 2.45) is 5.92 Å². The van der Waals surface area contributed by atoms with Gasteiger partial charge in [-0.05, 0) is 18.8 Å². The van der Waals surface area contributed by atoms with Crippen molar-refractivity contribution in [1.82, 2.24) is 0 Å². The van der Waals surface area contributed by atoms with Gasteiger partial charge in [0, 0.05) is 0 Å². The topological polar surface area (TPSA) is 97.7 Å². The summed E-state index contributed by atoms with van der Waals surface area (Å²) in [5, 5.41) is -1.37. The number of hydrogen-bond donors (Lipinski definition) is 1. The van der Waals surface area contributed by atoms with Crippen molar-refractivity contribution in [3.63, 3.8) is 0 Å². The summed E-state index contributed by atoms with van der Waals surface area (Å²) in [7, 11) is -8.75. The summed E-state index contributed by atoms with van der Waals surface area (Å²) in [4.78, 5) is 0. The summed E-state index contributed by atoms with van der Waals surface area (Å²) in [6, 6.07) is 0. The number of hydrogen-bond acceptors (Lipinski definition) is 5. The van der Waals surface area contributed by atoms with E-state index in [0.29, 0.717) is 6.42 Å². The van der Waals surface area contributed by atoms with E-state index in [1.165, 1.54) is 0 Å². The molecule has 0 radical (unpaired) electrons. The highest BCUT2D eigenvalue weighted by atomic mass is 32.3. The molecule has 1 fully saturated rings. The first-order chi connectivity index (χ1) is 6.70. The fourth-order valence-corrected chi connectivity index (χ4v) is 4.00. The smallest absolute Gasteiger partial charge is 0.284 e. The Morgan fingerprint density at radius 2 is 1.87 bits per heavy atom. The molecule has 0 saturated heterocycles. The van der Waals surface area contributed by atoms with E-state index in [1.54, 1.807) is 0 Å². The molecule has 0 aromatic rings. The van der Waals surface area contributed by atoms with E-state index in [9.17, 15) is 16.8 Å². The largest absolute Gasteiger partial charge is 0.285 e. The molecule has 1 aliphatic carbocycles. The second kappa shape index (κ2) is 4.36. The van der Waals surface area contributed by atoms with Gasteiger partial charge >= 0.3 is 0 Å². The Labute approximate surface area is 89.5 Å². The van der Waals surface area contributed by atoms with Gasteiger partial charge in [0.15, 0.2) is 0 Å². The quantitative estimate of drug-likeness (QED) is 0.577. The Kier molecular flexibility index (Phi) is 3.75. The molecule has 0 bridgehead atoms.